The van der Waals surface area contributed by atoms with Gasteiger partial charge in [-0.2, -0.15) is 4.98 Å². The predicted octanol–water partition coefficient (Wildman–Crippen LogP) is 1.14. The summed E-state index contributed by atoms with van der Waals surface area (Å²) in [5, 5.41) is 7.24. The maximum Gasteiger partial charge on any atom is 0.245 e. The Morgan fingerprint density at radius 1 is 1.15 bits per heavy atom. The Hall–Kier alpha value is -2.37. The fourth-order valence-electron chi connectivity index (χ4n) is 2.34. The van der Waals surface area contributed by atoms with Crippen LogP contribution in [0.1, 0.15) is 6.92 Å². The van der Waals surface area contributed by atoms with Crippen molar-refractivity contribution in [3.63, 3.8) is 0 Å². The van der Waals surface area contributed by atoms with Gasteiger partial charge in [-0.15, -0.1) is 5.10 Å². The number of benzene rings is 1. The molecule has 1 aromatic carbocycles. The van der Waals surface area contributed by atoms with E-state index >= 15 is 0 Å². The first-order chi connectivity index (χ1) is 9.74. The summed E-state index contributed by atoms with van der Waals surface area (Å²) in [7, 11) is 0. The van der Waals surface area contributed by atoms with E-state index in [4.69, 9.17) is 0 Å². The highest BCUT2D eigenvalue weighted by Gasteiger charge is 2.21. The van der Waals surface area contributed by atoms with Crippen LogP contribution in [0.5, 0.6) is 0 Å². The number of carbonyl (C=O) groups is 1. The minimum Gasteiger partial charge on any atom is -0.339 e. The first-order valence-corrected chi connectivity index (χ1v) is 6.72. The molecule has 0 bridgehead atoms. The number of hydrogen-bond acceptors (Lipinski definition) is 4. The van der Waals surface area contributed by atoms with Gasteiger partial charge >= 0.3 is 0 Å². The zero-order chi connectivity index (χ0) is 13.9. The Labute approximate surface area is 117 Å². The lowest BCUT2D eigenvalue weighted by Crippen LogP contribution is -2.48. The molecule has 0 atom stereocenters. The normalized spacial score (nSPS) is 15.4. The molecule has 20 heavy (non-hydrogen) atoms. The number of H-pyrrole nitrogens is 1. The molecule has 1 aliphatic rings. The third kappa shape index (κ3) is 2.49. The molecule has 104 valence electrons. The summed E-state index contributed by atoms with van der Waals surface area (Å²) in [4.78, 5) is 19.8. The SMILES string of the molecule is CC(=O)N1CCN(c2n[nH]c(-c3ccccc3)n2)CC1. The number of piperazine rings is 1. The van der Waals surface area contributed by atoms with Crippen LogP contribution in [0.3, 0.4) is 0 Å². The van der Waals surface area contributed by atoms with Crippen LogP contribution in [0.15, 0.2) is 30.3 Å². The molecule has 6 nitrogen and oxygen atoms in total. The predicted molar refractivity (Wildman–Crippen MR) is 76.3 cm³/mol. The fourth-order valence-corrected chi connectivity index (χ4v) is 2.34. The number of carbonyl (C=O) groups excluding carboxylic acids is 1. The highest BCUT2D eigenvalue weighted by atomic mass is 16.2. The van der Waals surface area contributed by atoms with Crippen LogP contribution >= 0.6 is 0 Å². The summed E-state index contributed by atoms with van der Waals surface area (Å²) in [6.45, 7) is 4.60. The number of hydrogen-bond donors (Lipinski definition) is 1. The van der Waals surface area contributed by atoms with Crippen LogP contribution in [0.4, 0.5) is 5.95 Å². The monoisotopic (exact) mass is 271 g/mol. The minimum absolute atomic E-state index is 0.129. The van der Waals surface area contributed by atoms with E-state index in [1.807, 2.05) is 35.2 Å². The van der Waals surface area contributed by atoms with E-state index in [2.05, 4.69) is 20.1 Å². The number of amides is 1. The largest absolute Gasteiger partial charge is 0.339 e. The second kappa shape index (κ2) is 5.32. The summed E-state index contributed by atoms with van der Waals surface area (Å²) < 4.78 is 0. The second-order valence-electron chi connectivity index (χ2n) is 4.84. The molecule has 3 rings (SSSR count). The Morgan fingerprint density at radius 3 is 2.50 bits per heavy atom. The third-order valence-electron chi connectivity index (χ3n) is 3.53. The number of nitrogens with zero attached hydrogens (tertiary/aromatic N) is 4. The van der Waals surface area contributed by atoms with Gasteiger partial charge in [-0.05, 0) is 0 Å². The van der Waals surface area contributed by atoms with Crippen molar-refractivity contribution in [3.8, 4) is 11.4 Å². The van der Waals surface area contributed by atoms with E-state index in [0.29, 0.717) is 5.95 Å². The molecule has 2 heterocycles. The van der Waals surface area contributed by atoms with Crippen LogP contribution in [-0.4, -0.2) is 52.2 Å². The second-order valence-corrected chi connectivity index (χ2v) is 4.84. The van der Waals surface area contributed by atoms with Gasteiger partial charge in [0.05, 0.1) is 0 Å². The third-order valence-corrected chi connectivity index (χ3v) is 3.53. The molecule has 6 heteroatoms. The molecule has 1 amide bonds. The van der Waals surface area contributed by atoms with E-state index in [-0.39, 0.29) is 5.91 Å². The Kier molecular flexibility index (Phi) is 3.37. The first-order valence-electron chi connectivity index (χ1n) is 6.72. The molecule has 0 saturated carbocycles. The number of rotatable bonds is 2. The lowest BCUT2D eigenvalue weighted by atomic mass is 10.2. The van der Waals surface area contributed by atoms with Crippen LogP contribution in [-0.2, 0) is 4.79 Å². The summed E-state index contributed by atoms with van der Waals surface area (Å²) in [6.07, 6.45) is 0. The molecule has 1 aromatic heterocycles. The van der Waals surface area contributed by atoms with Crippen molar-refractivity contribution in [2.24, 2.45) is 0 Å². The quantitative estimate of drug-likeness (QED) is 0.889. The molecular formula is C14H17N5O. The van der Waals surface area contributed by atoms with Gasteiger partial charge in [-0.25, -0.2) is 0 Å². The standard InChI is InChI=1S/C14H17N5O/c1-11(20)18-7-9-19(10-8-18)14-15-13(16-17-14)12-5-3-2-4-6-12/h2-6H,7-10H2,1H3,(H,15,16,17). The molecule has 0 unspecified atom stereocenters. The lowest BCUT2D eigenvalue weighted by Gasteiger charge is -2.33. The summed E-state index contributed by atoms with van der Waals surface area (Å²) in [6, 6.07) is 9.92. The van der Waals surface area contributed by atoms with Crippen molar-refractivity contribution in [1.29, 1.82) is 0 Å². The molecule has 0 spiro atoms. The van der Waals surface area contributed by atoms with Crippen molar-refractivity contribution in [2.75, 3.05) is 31.1 Å². The topological polar surface area (TPSA) is 65.1 Å². The number of anilines is 1. The van der Waals surface area contributed by atoms with E-state index in [9.17, 15) is 4.79 Å². The number of aromatic amines is 1. The van der Waals surface area contributed by atoms with Crippen LogP contribution < -0.4 is 4.90 Å². The molecule has 1 saturated heterocycles. The molecule has 1 fully saturated rings. The van der Waals surface area contributed by atoms with Crippen molar-refractivity contribution in [3.05, 3.63) is 30.3 Å². The van der Waals surface area contributed by atoms with Gasteiger partial charge in [0.25, 0.3) is 0 Å². The van der Waals surface area contributed by atoms with E-state index in [1.54, 1.807) is 6.92 Å². The van der Waals surface area contributed by atoms with Gasteiger partial charge in [0.2, 0.25) is 11.9 Å². The van der Waals surface area contributed by atoms with Gasteiger partial charge in [0.1, 0.15) is 0 Å². The van der Waals surface area contributed by atoms with Crippen LogP contribution in [0.25, 0.3) is 11.4 Å². The van der Waals surface area contributed by atoms with Gasteiger partial charge in [0.15, 0.2) is 5.82 Å². The lowest BCUT2D eigenvalue weighted by molar-refractivity contribution is -0.129. The number of nitrogens with one attached hydrogen (secondary N) is 1. The van der Waals surface area contributed by atoms with E-state index in [1.165, 1.54) is 0 Å². The molecule has 1 N–H and O–H groups in total. The van der Waals surface area contributed by atoms with Crippen LogP contribution in [0.2, 0.25) is 0 Å². The maximum atomic E-state index is 11.3. The molecule has 2 aromatic rings. The van der Waals surface area contributed by atoms with E-state index in [0.717, 1.165) is 37.6 Å². The first kappa shape index (κ1) is 12.7. The Morgan fingerprint density at radius 2 is 1.85 bits per heavy atom. The minimum atomic E-state index is 0.129. The maximum absolute atomic E-state index is 11.3. The van der Waals surface area contributed by atoms with E-state index < -0.39 is 0 Å². The molecular weight excluding hydrogens is 254 g/mol. The Bertz CT molecular complexity index is 587. The Balaban J connectivity index is 1.71. The van der Waals surface area contributed by atoms with Gasteiger partial charge in [-0.1, -0.05) is 30.3 Å². The zero-order valence-corrected chi connectivity index (χ0v) is 11.4. The highest BCUT2D eigenvalue weighted by molar-refractivity contribution is 5.73. The fraction of sp³-hybridized carbons (Fsp3) is 0.357. The highest BCUT2D eigenvalue weighted by Crippen LogP contribution is 2.18. The molecule has 0 aliphatic carbocycles. The number of aromatic nitrogens is 3. The summed E-state index contributed by atoms with van der Waals surface area (Å²) in [5.41, 5.74) is 1.02. The molecule has 0 radical (unpaired) electrons. The average Bonchev–Trinajstić information content (AvgIpc) is 2.98. The summed E-state index contributed by atoms with van der Waals surface area (Å²) in [5.74, 6) is 1.60. The van der Waals surface area contributed by atoms with Crippen molar-refractivity contribution >= 4 is 11.9 Å². The van der Waals surface area contributed by atoms with Crippen molar-refractivity contribution in [2.45, 2.75) is 6.92 Å². The van der Waals surface area contributed by atoms with Gasteiger partial charge < -0.3 is 9.80 Å². The van der Waals surface area contributed by atoms with Crippen LogP contribution in [0, 0.1) is 0 Å². The summed E-state index contributed by atoms with van der Waals surface area (Å²) >= 11 is 0. The van der Waals surface area contributed by atoms with Gasteiger partial charge in [-0.3, -0.25) is 9.89 Å². The zero-order valence-electron chi connectivity index (χ0n) is 11.4. The average molecular weight is 271 g/mol. The smallest absolute Gasteiger partial charge is 0.245 e. The van der Waals surface area contributed by atoms with Crippen molar-refractivity contribution < 1.29 is 4.79 Å². The molecule has 1 aliphatic heterocycles. The van der Waals surface area contributed by atoms with Crippen molar-refractivity contribution in [1.82, 2.24) is 20.1 Å². The van der Waals surface area contributed by atoms with Gasteiger partial charge in [0, 0.05) is 38.7 Å².